The van der Waals surface area contributed by atoms with Crippen molar-refractivity contribution < 1.29 is 32.6 Å². The Labute approximate surface area is 178 Å². The van der Waals surface area contributed by atoms with E-state index in [-0.39, 0.29) is 28.3 Å². The predicted molar refractivity (Wildman–Crippen MR) is 105 cm³/mol. The molecule has 0 fully saturated rings. The van der Waals surface area contributed by atoms with Crippen molar-refractivity contribution in [2.24, 2.45) is 0 Å². The van der Waals surface area contributed by atoms with Gasteiger partial charge in [0.15, 0.2) is 6.61 Å². The number of aromatic nitrogens is 2. The summed E-state index contributed by atoms with van der Waals surface area (Å²) in [6.45, 7) is -1.54. The molecule has 0 saturated carbocycles. The zero-order valence-electron chi connectivity index (χ0n) is 15.5. The second-order valence-electron chi connectivity index (χ2n) is 6.21. The van der Waals surface area contributed by atoms with Crippen molar-refractivity contribution in [3.63, 3.8) is 0 Å². The van der Waals surface area contributed by atoms with Gasteiger partial charge in [0.05, 0.1) is 23.0 Å². The van der Waals surface area contributed by atoms with E-state index in [0.717, 1.165) is 18.5 Å². The third-order valence-corrected chi connectivity index (χ3v) is 4.14. The van der Waals surface area contributed by atoms with Crippen LogP contribution < -0.4 is 10.1 Å². The monoisotopic (exact) mass is 451 g/mol. The average molecular weight is 452 g/mol. The number of nitrogens with one attached hydrogen (secondary N) is 1. The van der Waals surface area contributed by atoms with Gasteiger partial charge >= 0.3 is 12.1 Å². The van der Waals surface area contributed by atoms with Crippen molar-refractivity contribution >= 4 is 29.2 Å². The molecule has 11 heteroatoms. The molecular weight excluding hydrogens is 439 g/mol. The number of carbonyl (C=O) groups excluding carboxylic acids is 1. The van der Waals surface area contributed by atoms with Crippen LogP contribution in [-0.4, -0.2) is 39.7 Å². The number of benzene rings is 1. The van der Waals surface area contributed by atoms with Crippen molar-refractivity contribution in [3.05, 3.63) is 71.1 Å². The molecule has 1 amide bonds. The molecule has 31 heavy (non-hydrogen) atoms. The number of rotatable bonds is 6. The fourth-order valence-electron chi connectivity index (χ4n) is 2.51. The number of pyridine rings is 2. The molecule has 2 N–H and O–H groups in total. The van der Waals surface area contributed by atoms with Gasteiger partial charge in [-0.05, 0) is 29.8 Å². The molecular formula is C20H13ClF3N3O4. The van der Waals surface area contributed by atoms with E-state index in [1.807, 2.05) is 0 Å². The normalized spacial score (nSPS) is 11.1. The highest BCUT2D eigenvalue weighted by Gasteiger charge is 2.29. The molecule has 0 unspecified atom stereocenters. The molecule has 3 aromatic rings. The lowest BCUT2D eigenvalue weighted by atomic mass is 10.1. The number of carboxylic acid groups (broad SMARTS) is 1. The van der Waals surface area contributed by atoms with E-state index < -0.39 is 24.7 Å². The van der Waals surface area contributed by atoms with E-state index >= 15 is 0 Å². The summed E-state index contributed by atoms with van der Waals surface area (Å²) >= 11 is 5.86. The topological polar surface area (TPSA) is 101 Å². The van der Waals surface area contributed by atoms with Crippen molar-refractivity contribution in [2.45, 2.75) is 6.18 Å². The second-order valence-corrected chi connectivity index (χ2v) is 6.65. The summed E-state index contributed by atoms with van der Waals surface area (Å²) < 4.78 is 42.6. The van der Waals surface area contributed by atoms with Gasteiger partial charge in [0, 0.05) is 23.0 Å². The minimum Gasteiger partial charge on any atom is -0.478 e. The Hall–Kier alpha value is -3.66. The van der Waals surface area contributed by atoms with Gasteiger partial charge in [0.2, 0.25) is 5.88 Å². The van der Waals surface area contributed by atoms with Crippen molar-refractivity contribution in [3.8, 4) is 17.0 Å². The van der Waals surface area contributed by atoms with Gasteiger partial charge < -0.3 is 15.2 Å². The molecule has 160 valence electrons. The standard InChI is InChI=1S/C20H13ClF3N3O4/c21-14-3-1-11(2-4-14)16-6-15(9-26-18(16)31-10-20(22,23)24)27-17(28)12-5-13(19(29)30)8-25-7-12/h1-9H,10H2,(H,27,28)(H,29,30). The Morgan fingerprint density at radius 2 is 1.74 bits per heavy atom. The molecule has 0 spiro atoms. The molecule has 0 atom stereocenters. The smallest absolute Gasteiger partial charge is 0.422 e. The van der Waals surface area contributed by atoms with E-state index in [2.05, 4.69) is 15.3 Å². The van der Waals surface area contributed by atoms with E-state index in [4.69, 9.17) is 21.4 Å². The molecule has 3 rings (SSSR count). The van der Waals surface area contributed by atoms with Crippen LogP contribution in [0.15, 0.2) is 55.0 Å². The first-order valence-electron chi connectivity index (χ1n) is 8.57. The Morgan fingerprint density at radius 1 is 1.06 bits per heavy atom. The number of amides is 1. The number of nitrogens with zero attached hydrogens (tertiary/aromatic N) is 2. The molecule has 0 radical (unpaired) electrons. The van der Waals surface area contributed by atoms with Crippen LogP contribution in [0.1, 0.15) is 20.7 Å². The maximum Gasteiger partial charge on any atom is 0.422 e. The maximum atomic E-state index is 12.6. The van der Waals surface area contributed by atoms with Crippen LogP contribution in [-0.2, 0) is 0 Å². The van der Waals surface area contributed by atoms with Gasteiger partial charge in [0.1, 0.15) is 0 Å². The Balaban J connectivity index is 1.91. The van der Waals surface area contributed by atoms with Crippen molar-refractivity contribution in [1.82, 2.24) is 9.97 Å². The van der Waals surface area contributed by atoms with Crippen LogP contribution >= 0.6 is 11.6 Å². The Bertz CT molecular complexity index is 1120. The van der Waals surface area contributed by atoms with Crippen molar-refractivity contribution in [1.29, 1.82) is 0 Å². The lowest BCUT2D eigenvalue weighted by molar-refractivity contribution is -0.154. The molecule has 2 aromatic heterocycles. The highest BCUT2D eigenvalue weighted by atomic mass is 35.5. The number of alkyl halides is 3. The van der Waals surface area contributed by atoms with Gasteiger partial charge in [-0.25, -0.2) is 9.78 Å². The van der Waals surface area contributed by atoms with Gasteiger partial charge in [-0.15, -0.1) is 0 Å². The lowest BCUT2D eigenvalue weighted by Crippen LogP contribution is -2.20. The molecule has 0 saturated heterocycles. The first-order chi connectivity index (χ1) is 14.6. The summed E-state index contributed by atoms with van der Waals surface area (Å²) in [5.74, 6) is -2.21. The fourth-order valence-corrected chi connectivity index (χ4v) is 2.63. The van der Waals surface area contributed by atoms with Gasteiger partial charge in [0.25, 0.3) is 5.91 Å². The summed E-state index contributed by atoms with van der Waals surface area (Å²) in [5, 5.41) is 11.9. The quantitative estimate of drug-likeness (QED) is 0.564. The maximum absolute atomic E-state index is 12.6. The van der Waals surface area contributed by atoms with Crippen LogP contribution in [0.25, 0.3) is 11.1 Å². The Morgan fingerprint density at radius 3 is 2.39 bits per heavy atom. The average Bonchev–Trinajstić information content (AvgIpc) is 2.73. The SMILES string of the molecule is O=C(O)c1cncc(C(=O)Nc2cnc(OCC(F)(F)F)c(-c3ccc(Cl)cc3)c2)c1. The summed E-state index contributed by atoms with van der Waals surface area (Å²) in [6, 6.07) is 8.72. The third kappa shape index (κ3) is 5.92. The molecule has 0 aliphatic carbocycles. The molecule has 0 aliphatic heterocycles. The molecule has 0 bridgehead atoms. The highest BCUT2D eigenvalue weighted by molar-refractivity contribution is 6.30. The summed E-state index contributed by atoms with van der Waals surface area (Å²) in [4.78, 5) is 31.1. The number of halogens is 4. The van der Waals surface area contributed by atoms with Crippen LogP contribution in [0, 0.1) is 0 Å². The largest absolute Gasteiger partial charge is 0.478 e. The van der Waals surface area contributed by atoms with E-state index in [0.29, 0.717) is 10.6 Å². The number of carbonyl (C=O) groups is 2. The summed E-state index contributed by atoms with van der Waals surface area (Å²) in [6.07, 6.45) is -1.17. The number of carboxylic acids is 1. The lowest BCUT2D eigenvalue weighted by Gasteiger charge is -2.14. The predicted octanol–water partition coefficient (Wildman–Crippen LogP) is 4.69. The zero-order valence-corrected chi connectivity index (χ0v) is 16.2. The number of aromatic carboxylic acids is 1. The molecule has 1 aromatic carbocycles. The number of anilines is 1. The van der Waals surface area contributed by atoms with E-state index in [1.54, 1.807) is 24.3 Å². The van der Waals surface area contributed by atoms with Crippen LogP contribution in [0.3, 0.4) is 0 Å². The number of ether oxygens (including phenoxy) is 1. The minimum absolute atomic E-state index is 0.0228. The highest BCUT2D eigenvalue weighted by Crippen LogP contribution is 2.32. The second kappa shape index (κ2) is 9.00. The fraction of sp³-hybridized carbons (Fsp3) is 0.100. The summed E-state index contributed by atoms with van der Waals surface area (Å²) in [7, 11) is 0. The number of hydrogen-bond acceptors (Lipinski definition) is 5. The first kappa shape index (κ1) is 22.0. The van der Waals surface area contributed by atoms with Crippen LogP contribution in [0.5, 0.6) is 5.88 Å². The molecule has 2 heterocycles. The van der Waals surface area contributed by atoms with E-state index in [1.165, 1.54) is 12.3 Å². The third-order valence-electron chi connectivity index (χ3n) is 3.88. The van der Waals surface area contributed by atoms with E-state index in [9.17, 15) is 22.8 Å². The molecule has 0 aliphatic rings. The summed E-state index contributed by atoms with van der Waals surface area (Å²) in [5.41, 5.74) is 0.597. The van der Waals surface area contributed by atoms with Crippen LogP contribution in [0.2, 0.25) is 5.02 Å². The van der Waals surface area contributed by atoms with Crippen molar-refractivity contribution in [2.75, 3.05) is 11.9 Å². The van der Waals surface area contributed by atoms with Gasteiger partial charge in [-0.2, -0.15) is 13.2 Å². The first-order valence-corrected chi connectivity index (χ1v) is 8.95. The van der Waals surface area contributed by atoms with Crippen LogP contribution in [0.4, 0.5) is 18.9 Å². The van der Waals surface area contributed by atoms with Gasteiger partial charge in [-0.3, -0.25) is 9.78 Å². The van der Waals surface area contributed by atoms with Gasteiger partial charge in [-0.1, -0.05) is 23.7 Å². The Kier molecular flexibility index (Phi) is 6.40. The number of hydrogen-bond donors (Lipinski definition) is 2. The molecule has 7 nitrogen and oxygen atoms in total. The zero-order chi connectivity index (χ0) is 22.6. The minimum atomic E-state index is -4.56.